The Morgan fingerprint density at radius 3 is 2.50 bits per heavy atom. The maximum absolute atomic E-state index is 5.75. The molecule has 0 saturated carbocycles. The van der Waals surface area contributed by atoms with Crippen molar-refractivity contribution in [3.63, 3.8) is 0 Å². The second-order valence-electron chi connectivity index (χ2n) is 2.86. The molecule has 0 N–H and O–H groups in total. The van der Waals surface area contributed by atoms with Crippen LogP contribution in [0.4, 0.5) is 0 Å². The maximum Gasteiger partial charge on any atom is 0.0406 e. The quantitative estimate of drug-likeness (QED) is 0.609. The molecular formula is C11H11Cl. The van der Waals surface area contributed by atoms with Crippen LogP contribution in [0.2, 0.25) is 5.02 Å². The average molecular weight is 179 g/mol. The molecule has 0 spiro atoms. The minimum absolute atomic E-state index is 0.423. The highest BCUT2D eigenvalue weighted by atomic mass is 35.5. The van der Waals surface area contributed by atoms with E-state index in [1.54, 1.807) is 0 Å². The first kappa shape index (κ1) is 9.16. The van der Waals surface area contributed by atoms with E-state index in [1.165, 1.54) is 5.56 Å². The van der Waals surface area contributed by atoms with Gasteiger partial charge in [-0.2, -0.15) is 0 Å². The number of hydrogen-bond acceptors (Lipinski definition) is 0. The summed E-state index contributed by atoms with van der Waals surface area (Å²) in [6.07, 6.45) is 6.00. The van der Waals surface area contributed by atoms with Crippen molar-refractivity contribution in [2.75, 3.05) is 0 Å². The fourth-order valence-electron chi connectivity index (χ4n) is 1.09. The van der Waals surface area contributed by atoms with Gasteiger partial charge >= 0.3 is 0 Å². The molecule has 0 fully saturated rings. The van der Waals surface area contributed by atoms with Gasteiger partial charge in [0.15, 0.2) is 0 Å². The van der Waals surface area contributed by atoms with E-state index in [2.05, 4.69) is 12.8 Å². The van der Waals surface area contributed by atoms with Gasteiger partial charge in [0.2, 0.25) is 0 Å². The van der Waals surface area contributed by atoms with Crippen LogP contribution in [0.5, 0.6) is 0 Å². The predicted molar refractivity (Wildman–Crippen MR) is 53.3 cm³/mol. The molecule has 0 radical (unpaired) electrons. The third kappa shape index (κ3) is 2.29. The molecule has 0 heterocycles. The summed E-state index contributed by atoms with van der Waals surface area (Å²) in [7, 11) is 0. The van der Waals surface area contributed by atoms with Crippen molar-refractivity contribution >= 4 is 11.6 Å². The van der Waals surface area contributed by atoms with Crippen molar-refractivity contribution in [1.82, 2.24) is 0 Å². The van der Waals surface area contributed by atoms with Crippen molar-refractivity contribution in [3.05, 3.63) is 34.9 Å². The molecule has 0 aliphatic rings. The standard InChI is InChI=1S/C11H11Cl/c1-3-4-9(2)10-5-7-11(12)8-6-10/h1,5-9H,4H2,2H3. The Kier molecular flexibility index (Phi) is 3.19. The lowest BCUT2D eigenvalue weighted by molar-refractivity contribution is 0.796. The second kappa shape index (κ2) is 4.18. The van der Waals surface area contributed by atoms with Crippen LogP contribution in [0.3, 0.4) is 0 Å². The summed E-state index contributed by atoms with van der Waals surface area (Å²) < 4.78 is 0. The van der Waals surface area contributed by atoms with Gasteiger partial charge in [-0.3, -0.25) is 0 Å². The Balaban J connectivity index is 2.76. The van der Waals surface area contributed by atoms with E-state index in [1.807, 2.05) is 24.3 Å². The van der Waals surface area contributed by atoms with Gasteiger partial charge in [0.05, 0.1) is 0 Å². The van der Waals surface area contributed by atoms with Gasteiger partial charge in [0, 0.05) is 11.4 Å². The minimum Gasteiger partial charge on any atom is -0.120 e. The van der Waals surface area contributed by atoms with Gasteiger partial charge in [-0.1, -0.05) is 30.7 Å². The van der Waals surface area contributed by atoms with E-state index < -0.39 is 0 Å². The van der Waals surface area contributed by atoms with Crippen LogP contribution in [0.1, 0.15) is 24.8 Å². The van der Waals surface area contributed by atoms with E-state index in [0.29, 0.717) is 5.92 Å². The molecule has 1 aromatic carbocycles. The summed E-state index contributed by atoms with van der Waals surface area (Å²) in [4.78, 5) is 0. The van der Waals surface area contributed by atoms with E-state index >= 15 is 0 Å². The molecule has 0 nitrogen and oxygen atoms in total. The third-order valence-electron chi connectivity index (χ3n) is 1.86. The smallest absolute Gasteiger partial charge is 0.0406 e. The van der Waals surface area contributed by atoms with Crippen molar-refractivity contribution in [2.24, 2.45) is 0 Å². The fourth-order valence-corrected chi connectivity index (χ4v) is 1.21. The summed E-state index contributed by atoms with van der Waals surface area (Å²) in [5.41, 5.74) is 1.25. The molecule has 1 atom stereocenters. The summed E-state index contributed by atoms with van der Waals surface area (Å²) >= 11 is 5.75. The van der Waals surface area contributed by atoms with Crippen molar-refractivity contribution in [2.45, 2.75) is 19.3 Å². The fraction of sp³-hybridized carbons (Fsp3) is 0.273. The minimum atomic E-state index is 0.423. The lowest BCUT2D eigenvalue weighted by Gasteiger charge is -2.07. The van der Waals surface area contributed by atoms with Gasteiger partial charge in [-0.15, -0.1) is 12.3 Å². The van der Waals surface area contributed by atoms with Crippen LogP contribution < -0.4 is 0 Å². The highest BCUT2D eigenvalue weighted by Gasteiger charge is 2.02. The maximum atomic E-state index is 5.75. The molecule has 1 rings (SSSR count). The van der Waals surface area contributed by atoms with Crippen LogP contribution in [-0.2, 0) is 0 Å². The van der Waals surface area contributed by atoms with Gasteiger partial charge in [0.25, 0.3) is 0 Å². The lowest BCUT2D eigenvalue weighted by atomic mass is 9.99. The monoisotopic (exact) mass is 178 g/mol. The molecule has 0 saturated heterocycles. The van der Waals surface area contributed by atoms with Gasteiger partial charge in [-0.25, -0.2) is 0 Å². The Morgan fingerprint density at radius 1 is 1.42 bits per heavy atom. The first-order valence-electron chi connectivity index (χ1n) is 3.93. The molecule has 0 aromatic heterocycles. The zero-order chi connectivity index (χ0) is 8.97. The predicted octanol–water partition coefficient (Wildman–Crippen LogP) is 3.47. The van der Waals surface area contributed by atoms with Crippen molar-refractivity contribution in [1.29, 1.82) is 0 Å². The number of halogens is 1. The topological polar surface area (TPSA) is 0 Å². The van der Waals surface area contributed by atoms with E-state index in [4.69, 9.17) is 18.0 Å². The van der Waals surface area contributed by atoms with Crippen LogP contribution >= 0.6 is 11.6 Å². The number of rotatable bonds is 2. The number of benzene rings is 1. The molecular weight excluding hydrogens is 168 g/mol. The SMILES string of the molecule is C#CCC(C)c1ccc(Cl)cc1. The number of terminal acetylenes is 1. The molecule has 0 aliphatic carbocycles. The van der Waals surface area contributed by atoms with Crippen LogP contribution in [-0.4, -0.2) is 0 Å². The molecule has 1 aromatic rings. The molecule has 1 unspecified atom stereocenters. The van der Waals surface area contributed by atoms with Gasteiger partial charge in [0.1, 0.15) is 0 Å². The first-order valence-corrected chi connectivity index (χ1v) is 4.30. The highest BCUT2D eigenvalue weighted by molar-refractivity contribution is 6.30. The Morgan fingerprint density at radius 2 is 2.00 bits per heavy atom. The van der Waals surface area contributed by atoms with Crippen LogP contribution in [0.15, 0.2) is 24.3 Å². The average Bonchev–Trinajstić information content (AvgIpc) is 2.06. The Labute approximate surface area is 78.6 Å². The van der Waals surface area contributed by atoms with E-state index in [9.17, 15) is 0 Å². The van der Waals surface area contributed by atoms with E-state index in [-0.39, 0.29) is 0 Å². The number of hydrogen-bond donors (Lipinski definition) is 0. The largest absolute Gasteiger partial charge is 0.120 e. The Hall–Kier alpha value is -0.930. The zero-order valence-corrected chi connectivity index (χ0v) is 7.81. The van der Waals surface area contributed by atoms with Crippen LogP contribution in [0.25, 0.3) is 0 Å². The lowest BCUT2D eigenvalue weighted by Crippen LogP contribution is -1.90. The molecule has 0 aliphatic heterocycles. The molecule has 62 valence electrons. The van der Waals surface area contributed by atoms with Crippen molar-refractivity contribution in [3.8, 4) is 12.3 Å². The van der Waals surface area contributed by atoms with Gasteiger partial charge in [-0.05, 0) is 23.6 Å². The summed E-state index contributed by atoms with van der Waals surface area (Å²) in [5, 5.41) is 0.770. The third-order valence-corrected chi connectivity index (χ3v) is 2.12. The summed E-state index contributed by atoms with van der Waals surface area (Å²) in [6.45, 7) is 2.11. The second-order valence-corrected chi connectivity index (χ2v) is 3.30. The molecule has 1 heteroatoms. The first-order chi connectivity index (χ1) is 5.74. The van der Waals surface area contributed by atoms with Gasteiger partial charge < -0.3 is 0 Å². The molecule has 0 bridgehead atoms. The van der Waals surface area contributed by atoms with E-state index in [0.717, 1.165) is 11.4 Å². The molecule has 12 heavy (non-hydrogen) atoms. The summed E-state index contributed by atoms with van der Waals surface area (Å²) in [5.74, 6) is 3.07. The highest BCUT2D eigenvalue weighted by Crippen LogP contribution is 2.20. The summed E-state index contributed by atoms with van der Waals surface area (Å²) in [6, 6.07) is 7.82. The normalized spacial score (nSPS) is 12.1. The van der Waals surface area contributed by atoms with Crippen molar-refractivity contribution < 1.29 is 0 Å². The van der Waals surface area contributed by atoms with Crippen LogP contribution in [0, 0.1) is 12.3 Å². The Bertz CT molecular complexity index is 279. The zero-order valence-electron chi connectivity index (χ0n) is 7.05. The molecule has 0 amide bonds.